The van der Waals surface area contributed by atoms with E-state index in [9.17, 15) is 4.79 Å². The first-order valence-corrected chi connectivity index (χ1v) is 7.32. The van der Waals surface area contributed by atoms with Crippen LogP contribution in [0.15, 0.2) is 18.2 Å². The molecule has 1 heterocycles. The summed E-state index contributed by atoms with van der Waals surface area (Å²) in [5.74, 6) is 6.17. The Morgan fingerprint density at radius 3 is 3.00 bits per heavy atom. The van der Waals surface area contributed by atoms with E-state index in [-0.39, 0.29) is 12.0 Å². The fourth-order valence-electron chi connectivity index (χ4n) is 2.53. The molecule has 21 heavy (non-hydrogen) atoms. The molecule has 1 amide bonds. The van der Waals surface area contributed by atoms with Crippen LogP contribution in [0.1, 0.15) is 34.8 Å². The Kier molecular flexibility index (Phi) is 5.38. The Hall–Kier alpha value is -1.83. The molecule has 1 aromatic rings. The first kappa shape index (κ1) is 15.6. The lowest BCUT2D eigenvalue weighted by Crippen LogP contribution is -2.32. The standard InChI is InChI=1S/C17H22N2O2/c1-12-14(6-4-9-18)5-3-7-16(12)17(20)19-11-15-8-10-21-13(15)2/h3,5,7,13,15H,8-11,18H2,1-2H3,(H,19,20). The molecule has 1 fully saturated rings. The molecular formula is C17H22N2O2. The van der Waals surface area contributed by atoms with Crippen molar-refractivity contribution in [2.24, 2.45) is 11.7 Å². The topological polar surface area (TPSA) is 64.4 Å². The summed E-state index contributed by atoms with van der Waals surface area (Å²) in [7, 11) is 0. The van der Waals surface area contributed by atoms with E-state index < -0.39 is 0 Å². The van der Waals surface area contributed by atoms with Crippen molar-refractivity contribution in [2.45, 2.75) is 26.4 Å². The molecular weight excluding hydrogens is 264 g/mol. The molecule has 0 aromatic heterocycles. The van der Waals surface area contributed by atoms with Crippen LogP contribution in [0.3, 0.4) is 0 Å². The largest absolute Gasteiger partial charge is 0.378 e. The number of carbonyl (C=O) groups is 1. The van der Waals surface area contributed by atoms with Gasteiger partial charge >= 0.3 is 0 Å². The minimum absolute atomic E-state index is 0.0528. The summed E-state index contributed by atoms with van der Waals surface area (Å²) in [5.41, 5.74) is 7.81. The number of carbonyl (C=O) groups excluding carboxylic acids is 1. The van der Waals surface area contributed by atoms with Gasteiger partial charge < -0.3 is 15.8 Å². The van der Waals surface area contributed by atoms with Crippen LogP contribution < -0.4 is 11.1 Å². The van der Waals surface area contributed by atoms with Gasteiger partial charge in [-0.2, -0.15) is 0 Å². The smallest absolute Gasteiger partial charge is 0.251 e. The molecule has 4 heteroatoms. The average Bonchev–Trinajstić information content (AvgIpc) is 2.89. The van der Waals surface area contributed by atoms with Gasteiger partial charge in [-0.25, -0.2) is 0 Å². The quantitative estimate of drug-likeness (QED) is 0.827. The van der Waals surface area contributed by atoms with Crippen molar-refractivity contribution in [3.63, 3.8) is 0 Å². The summed E-state index contributed by atoms with van der Waals surface area (Å²) in [6.45, 7) is 5.72. The van der Waals surface area contributed by atoms with E-state index in [1.54, 1.807) is 0 Å². The zero-order valence-electron chi connectivity index (χ0n) is 12.6. The third kappa shape index (κ3) is 3.84. The molecule has 1 saturated heterocycles. The number of amides is 1. The van der Waals surface area contributed by atoms with Crippen LogP contribution in [0.25, 0.3) is 0 Å². The number of hydrogen-bond acceptors (Lipinski definition) is 3. The van der Waals surface area contributed by atoms with Crippen molar-refractivity contribution in [2.75, 3.05) is 19.7 Å². The van der Waals surface area contributed by atoms with Gasteiger partial charge in [-0.05, 0) is 38.0 Å². The van der Waals surface area contributed by atoms with E-state index in [1.807, 2.05) is 25.1 Å². The maximum absolute atomic E-state index is 12.3. The molecule has 112 valence electrons. The Labute approximate surface area is 126 Å². The molecule has 0 aliphatic carbocycles. The van der Waals surface area contributed by atoms with Gasteiger partial charge in [0.1, 0.15) is 0 Å². The minimum atomic E-state index is -0.0528. The molecule has 0 radical (unpaired) electrons. The highest BCUT2D eigenvalue weighted by Crippen LogP contribution is 2.20. The van der Waals surface area contributed by atoms with E-state index >= 15 is 0 Å². The zero-order chi connectivity index (χ0) is 15.2. The van der Waals surface area contributed by atoms with E-state index in [2.05, 4.69) is 24.1 Å². The SMILES string of the molecule is Cc1c(C#CCN)cccc1C(=O)NCC1CCOC1C. The van der Waals surface area contributed by atoms with Crippen LogP contribution >= 0.6 is 0 Å². The maximum Gasteiger partial charge on any atom is 0.251 e. The highest BCUT2D eigenvalue weighted by atomic mass is 16.5. The molecule has 3 N–H and O–H groups in total. The summed E-state index contributed by atoms with van der Waals surface area (Å²) in [5, 5.41) is 3.00. The normalized spacial score (nSPS) is 20.7. The summed E-state index contributed by atoms with van der Waals surface area (Å²) in [6.07, 6.45) is 1.22. The number of nitrogens with one attached hydrogen (secondary N) is 1. The molecule has 1 aliphatic rings. The van der Waals surface area contributed by atoms with Crippen molar-refractivity contribution in [1.82, 2.24) is 5.32 Å². The summed E-state index contributed by atoms with van der Waals surface area (Å²) in [4.78, 5) is 12.3. The van der Waals surface area contributed by atoms with Gasteiger partial charge in [0.15, 0.2) is 0 Å². The number of benzene rings is 1. The molecule has 1 aliphatic heterocycles. The number of hydrogen-bond donors (Lipinski definition) is 2. The molecule has 2 atom stereocenters. The monoisotopic (exact) mass is 286 g/mol. The second-order valence-corrected chi connectivity index (χ2v) is 5.32. The van der Waals surface area contributed by atoms with Crippen LogP contribution in [-0.2, 0) is 4.74 Å². The van der Waals surface area contributed by atoms with Gasteiger partial charge in [0.25, 0.3) is 5.91 Å². The Bertz CT molecular complexity index is 572. The van der Waals surface area contributed by atoms with Gasteiger partial charge in [0.2, 0.25) is 0 Å². The molecule has 0 spiro atoms. The Morgan fingerprint density at radius 2 is 2.33 bits per heavy atom. The third-order valence-corrected chi connectivity index (χ3v) is 3.96. The third-order valence-electron chi connectivity index (χ3n) is 3.96. The molecule has 0 saturated carbocycles. The van der Waals surface area contributed by atoms with E-state index in [0.29, 0.717) is 24.6 Å². The van der Waals surface area contributed by atoms with E-state index in [4.69, 9.17) is 10.5 Å². The summed E-state index contributed by atoms with van der Waals surface area (Å²) < 4.78 is 5.51. The molecule has 1 aromatic carbocycles. The van der Waals surface area contributed by atoms with Crippen LogP contribution in [0.2, 0.25) is 0 Å². The summed E-state index contributed by atoms with van der Waals surface area (Å²) in [6, 6.07) is 5.58. The van der Waals surface area contributed by atoms with Crippen molar-refractivity contribution in [3.05, 3.63) is 34.9 Å². The lowest BCUT2D eigenvalue weighted by molar-refractivity contribution is 0.0907. The van der Waals surface area contributed by atoms with Gasteiger partial charge in [0, 0.05) is 30.2 Å². The fourth-order valence-corrected chi connectivity index (χ4v) is 2.53. The van der Waals surface area contributed by atoms with Crippen molar-refractivity contribution < 1.29 is 9.53 Å². The summed E-state index contributed by atoms with van der Waals surface area (Å²) >= 11 is 0. The van der Waals surface area contributed by atoms with E-state index in [0.717, 1.165) is 24.2 Å². The zero-order valence-corrected chi connectivity index (χ0v) is 12.6. The van der Waals surface area contributed by atoms with Gasteiger partial charge in [-0.3, -0.25) is 4.79 Å². The van der Waals surface area contributed by atoms with E-state index in [1.165, 1.54) is 0 Å². The minimum Gasteiger partial charge on any atom is -0.378 e. The second kappa shape index (κ2) is 7.26. The van der Waals surface area contributed by atoms with Crippen LogP contribution in [-0.4, -0.2) is 31.7 Å². The van der Waals surface area contributed by atoms with Crippen LogP contribution in [0.5, 0.6) is 0 Å². The molecule has 2 unspecified atom stereocenters. The fraction of sp³-hybridized carbons (Fsp3) is 0.471. The van der Waals surface area contributed by atoms with Crippen LogP contribution in [0, 0.1) is 24.7 Å². The predicted molar refractivity (Wildman–Crippen MR) is 83.0 cm³/mol. The lowest BCUT2D eigenvalue weighted by Gasteiger charge is -2.15. The Morgan fingerprint density at radius 1 is 1.52 bits per heavy atom. The Balaban J connectivity index is 2.05. The molecule has 4 nitrogen and oxygen atoms in total. The maximum atomic E-state index is 12.3. The highest BCUT2D eigenvalue weighted by Gasteiger charge is 2.24. The number of ether oxygens (including phenoxy) is 1. The molecule has 2 rings (SSSR count). The van der Waals surface area contributed by atoms with Crippen molar-refractivity contribution >= 4 is 5.91 Å². The van der Waals surface area contributed by atoms with Gasteiger partial charge in [-0.1, -0.05) is 17.9 Å². The van der Waals surface area contributed by atoms with Gasteiger partial charge in [-0.15, -0.1) is 0 Å². The number of nitrogens with two attached hydrogens (primary N) is 1. The first-order chi connectivity index (χ1) is 10.1. The lowest BCUT2D eigenvalue weighted by atomic mass is 10.0. The van der Waals surface area contributed by atoms with Gasteiger partial charge in [0.05, 0.1) is 12.6 Å². The van der Waals surface area contributed by atoms with Crippen molar-refractivity contribution in [1.29, 1.82) is 0 Å². The molecule has 0 bridgehead atoms. The highest BCUT2D eigenvalue weighted by molar-refractivity contribution is 5.96. The first-order valence-electron chi connectivity index (χ1n) is 7.32. The van der Waals surface area contributed by atoms with Crippen molar-refractivity contribution in [3.8, 4) is 11.8 Å². The predicted octanol–water partition coefficient (Wildman–Crippen LogP) is 1.46. The second-order valence-electron chi connectivity index (χ2n) is 5.32. The average molecular weight is 286 g/mol. The number of rotatable bonds is 3. The van der Waals surface area contributed by atoms with Crippen LogP contribution in [0.4, 0.5) is 0 Å².